The Morgan fingerprint density at radius 1 is 0.960 bits per heavy atom. The van der Waals surface area contributed by atoms with Crippen LogP contribution in [-0.4, -0.2) is 17.9 Å². The molecule has 0 aliphatic carbocycles. The summed E-state index contributed by atoms with van der Waals surface area (Å²) >= 11 is 5.27. The van der Waals surface area contributed by atoms with Crippen LogP contribution in [0, 0.1) is 0 Å². The molecule has 2 N–H and O–H groups in total. The molecule has 0 saturated heterocycles. The maximum atomic E-state index is 5.27. The van der Waals surface area contributed by atoms with Crippen molar-refractivity contribution in [3.63, 3.8) is 0 Å². The van der Waals surface area contributed by atoms with E-state index in [0.717, 1.165) is 33.5 Å². The Bertz CT molecular complexity index is 923. The van der Waals surface area contributed by atoms with Crippen molar-refractivity contribution in [3.8, 4) is 5.75 Å². The summed E-state index contributed by atoms with van der Waals surface area (Å²) in [5.74, 6) is 0.852. The molecule has 0 radical (unpaired) electrons. The fourth-order valence-electron chi connectivity index (χ4n) is 2.46. The fraction of sp³-hybridized carbons (Fsp3) is 0.100. The van der Waals surface area contributed by atoms with Gasteiger partial charge in [-0.25, -0.2) is 0 Å². The Morgan fingerprint density at radius 2 is 1.68 bits per heavy atom. The predicted molar refractivity (Wildman–Crippen MR) is 109 cm³/mol. The highest BCUT2D eigenvalue weighted by atomic mass is 32.1. The molecule has 5 heteroatoms. The minimum absolute atomic E-state index is 0.455. The van der Waals surface area contributed by atoms with Gasteiger partial charge < -0.3 is 10.1 Å². The standard InChI is InChI=1S/C20H19N3OS/c1-14(22-23-20(25)21-18-6-4-3-5-7-18)15-8-9-17-13-19(24-2)11-10-16(17)12-15/h3-13H,1-2H3,(H2,21,23,25). The minimum atomic E-state index is 0.455. The van der Waals surface area contributed by atoms with Crippen LogP contribution in [-0.2, 0) is 0 Å². The molecule has 0 bridgehead atoms. The van der Waals surface area contributed by atoms with Crippen LogP contribution in [0.3, 0.4) is 0 Å². The quantitative estimate of drug-likeness (QED) is 0.412. The number of fused-ring (bicyclic) bond motifs is 1. The number of nitrogens with zero attached hydrogens (tertiary/aromatic N) is 1. The van der Waals surface area contributed by atoms with Crippen molar-refractivity contribution in [1.29, 1.82) is 0 Å². The van der Waals surface area contributed by atoms with E-state index in [-0.39, 0.29) is 0 Å². The van der Waals surface area contributed by atoms with Crippen LogP contribution >= 0.6 is 12.2 Å². The normalized spacial score (nSPS) is 11.2. The fourth-order valence-corrected chi connectivity index (χ4v) is 2.62. The van der Waals surface area contributed by atoms with Crippen LogP contribution < -0.4 is 15.5 Å². The number of anilines is 1. The summed E-state index contributed by atoms with van der Waals surface area (Å²) in [7, 11) is 1.67. The average molecular weight is 349 g/mol. The molecule has 0 heterocycles. The molecule has 0 aromatic heterocycles. The summed E-state index contributed by atoms with van der Waals surface area (Å²) < 4.78 is 5.26. The molecule has 0 saturated carbocycles. The van der Waals surface area contributed by atoms with Crippen molar-refractivity contribution in [2.45, 2.75) is 6.92 Å². The van der Waals surface area contributed by atoms with Gasteiger partial charge in [0.1, 0.15) is 5.75 Å². The summed E-state index contributed by atoms with van der Waals surface area (Å²) in [6.07, 6.45) is 0. The molecule has 0 amide bonds. The van der Waals surface area contributed by atoms with E-state index < -0.39 is 0 Å². The lowest BCUT2D eigenvalue weighted by Gasteiger charge is -2.09. The average Bonchev–Trinajstić information content (AvgIpc) is 2.66. The maximum absolute atomic E-state index is 5.27. The Balaban J connectivity index is 1.71. The second-order valence-corrected chi connectivity index (χ2v) is 5.97. The van der Waals surface area contributed by atoms with Crippen LogP contribution in [0.2, 0.25) is 0 Å². The zero-order chi connectivity index (χ0) is 17.6. The Labute approximate surface area is 152 Å². The van der Waals surface area contributed by atoms with E-state index in [0.29, 0.717) is 5.11 Å². The zero-order valence-corrected chi connectivity index (χ0v) is 14.9. The van der Waals surface area contributed by atoms with Crippen molar-refractivity contribution in [1.82, 2.24) is 5.43 Å². The molecule has 126 valence electrons. The number of methoxy groups -OCH3 is 1. The molecule has 3 aromatic carbocycles. The highest BCUT2D eigenvalue weighted by Gasteiger charge is 2.02. The number of hydrazone groups is 1. The lowest BCUT2D eigenvalue weighted by atomic mass is 10.0. The molecule has 0 spiro atoms. The molecule has 3 rings (SSSR count). The van der Waals surface area contributed by atoms with Gasteiger partial charge in [0.25, 0.3) is 0 Å². The molecule has 25 heavy (non-hydrogen) atoms. The molecule has 3 aromatic rings. The van der Waals surface area contributed by atoms with Gasteiger partial charge in [0.2, 0.25) is 0 Å². The molecular formula is C20H19N3OS. The van der Waals surface area contributed by atoms with Crippen LogP contribution in [0.5, 0.6) is 5.75 Å². The Morgan fingerprint density at radius 3 is 2.44 bits per heavy atom. The third kappa shape index (κ3) is 4.33. The second kappa shape index (κ2) is 7.77. The van der Waals surface area contributed by atoms with Crippen LogP contribution in [0.1, 0.15) is 12.5 Å². The lowest BCUT2D eigenvalue weighted by molar-refractivity contribution is 0.415. The van der Waals surface area contributed by atoms with Gasteiger partial charge in [0.15, 0.2) is 5.11 Å². The second-order valence-electron chi connectivity index (χ2n) is 5.56. The van der Waals surface area contributed by atoms with Gasteiger partial charge in [0, 0.05) is 5.69 Å². The van der Waals surface area contributed by atoms with Gasteiger partial charge in [0.05, 0.1) is 12.8 Å². The number of hydrogen-bond acceptors (Lipinski definition) is 3. The van der Waals surface area contributed by atoms with Gasteiger partial charge >= 0.3 is 0 Å². The van der Waals surface area contributed by atoms with Gasteiger partial charge in [-0.1, -0.05) is 36.4 Å². The Kier molecular flexibility index (Phi) is 5.26. The highest BCUT2D eigenvalue weighted by Crippen LogP contribution is 2.22. The molecule has 0 unspecified atom stereocenters. The highest BCUT2D eigenvalue weighted by molar-refractivity contribution is 7.80. The number of para-hydroxylation sites is 1. The first-order valence-electron chi connectivity index (χ1n) is 7.90. The monoisotopic (exact) mass is 349 g/mol. The topological polar surface area (TPSA) is 45.6 Å². The van der Waals surface area contributed by atoms with E-state index in [4.69, 9.17) is 17.0 Å². The molecule has 4 nitrogen and oxygen atoms in total. The van der Waals surface area contributed by atoms with Crippen molar-refractivity contribution in [2.24, 2.45) is 5.10 Å². The van der Waals surface area contributed by atoms with E-state index in [1.54, 1.807) is 7.11 Å². The maximum Gasteiger partial charge on any atom is 0.191 e. The molecule has 0 aliphatic rings. The van der Waals surface area contributed by atoms with Crippen molar-refractivity contribution in [3.05, 3.63) is 72.3 Å². The summed E-state index contributed by atoms with van der Waals surface area (Å²) in [6, 6.07) is 22.0. The van der Waals surface area contributed by atoms with Crippen molar-refractivity contribution in [2.75, 3.05) is 12.4 Å². The number of ether oxygens (including phenoxy) is 1. The van der Waals surface area contributed by atoms with Crippen LogP contribution in [0.4, 0.5) is 5.69 Å². The van der Waals surface area contributed by atoms with Crippen LogP contribution in [0.25, 0.3) is 10.8 Å². The predicted octanol–water partition coefficient (Wildman–Crippen LogP) is 4.56. The zero-order valence-electron chi connectivity index (χ0n) is 14.1. The first kappa shape index (κ1) is 16.9. The molecule has 0 fully saturated rings. The summed E-state index contributed by atoms with van der Waals surface area (Å²) in [5.41, 5.74) is 5.70. The SMILES string of the molecule is COc1ccc2cc(C(C)=NNC(=S)Nc3ccccc3)ccc2c1. The first-order chi connectivity index (χ1) is 12.2. The number of rotatable bonds is 4. The summed E-state index contributed by atoms with van der Waals surface area (Å²) in [4.78, 5) is 0. The summed E-state index contributed by atoms with van der Waals surface area (Å²) in [6.45, 7) is 1.95. The van der Waals surface area contributed by atoms with Gasteiger partial charge in [-0.3, -0.25) is 5.43 Å². The van der Waals surface area contributed by atoms with E-state index in [9.17, 15) is 0 Å². The van der Waals surface area contributed by atoms with E-state index >= 15 is 0 Å². The smallest absolute Gasteiger partial charge is 0.191 e. The number of benzene rings is 3. The van der Waals surface area contributed by atoms with E-state index in [2.05, 4.69) is 28.0 Å². The van der Waals surface area contributed by atoms with Gasteiger partial charge in [-0.15, -0.1) is 0 Å². The molecule has 0 atom stereocenters. The number of nitrogens with one attached hydrogen (secondary N) is 2. The largest absolute Gasteiger partial charge is 0.497 e. The third-order valence-electron chi connectivity index (χ3n) is 3.82. The molecule has 0 aliphatic heterocycles. The minimum Gasteiger partial charge on any atom is -0.497 e. The number of thiocarbonyl (C=S) groups is 1. The Hall–Kier alpha value is -2.92. The molecular weight excluding hydrogens is 330 g/mol. The van der Waals surface area contributed by atoms with Gasteiger partial charge in [-0.2, -0.15) is 5.10 Å². The van der Waals surface area contributed by atoms with Crippen molar-refractivity contribution >= 4 is 39.5 Å². The van der Waals surface area contributed by atoms with Crippen molar-refractivity contribution < 1.29 is 4.74 Å². The third-order valence-corrected chi connectivity index (χ3v) is 4.02. The van der Waals surface area contributed by atoms with Gasteiger partial charge in [-0.05, 0) is 65.8 Å². The van der Waals surface area contributed by atoms with E-state index in [1.165, 1.54) is 0 Å². The number of hydrogen-bond donors (Lipinski definition) is 2. The lowest BCUT2D eigenvalue weighted by Crippen LogP contribution is -2.24. The van der Waals surface area contributed by atoms with E-state index in [1.807, 2.05) is 61.5 Å². The first-order valence-corrected chi connectivity index (χ1v) is 8.31. The van der Waals surface area contributed by atoms with Crippen LogP contribution in [0.15, 0.2) is 71.8 Å². The summed E-state index contributed by atoms with van der Waals surface area (Å²) in [5, 5.41) is 10.2.